The second-order valence-corrected chi connectivity index (χ2v) is 6.11. The molecule has 0 aromatic rings. The Kier molecular flexibility index (Phi) is 12.4. The number of ether oxygens (including phenoxy) is 1. The van der Waals surface area contributed by atoms with Gasteiger partial charge in [0.1, 0.15) is 5.60 Å². The normalized spacial score (nSPS) is 11.7. The van der Waals surface area contributed by atoms with Crippen LogP contribution in [0.15, 0.2) is 0 Å². The zero-order valence-electron chi connectivity index (χ0n) is 13.4. The molecule has 0 fully saturated rings. The number of carbonyl (C=O) groups is 1. The van der Waals surface area contributed by atoms with Gasteiger partial charge in [-0.3, -0.25) is 0 Å². The Morgan fingerprint density at radius 2 is 1.21 bits per heavy atom. The topological polar surface area (TPSA) is 26.3 Å². The van der Waals surface area contributed by atoms with E-state index in [2.05, 4.69) is 6.92 Å². The first kappa shape index (κ1) is 18.6. The van der Waals surface area contributed by atoms with Gasteiger partial charge in [-0.25, -0.2) is 0 Å². The molecule has 0 saturated carbocycles. The molecule has 0 radical (unpaired) electrons. The zero-order valence-corrected chi connectivity index (χ0v) is 13.4. The van der Waals surface area contributed by atoms with Gasteiger partial charge in [0.15, 0.2) is 6.29 Å². The van der Waals surface area contributed by atoms with Crippen LogP contribution in [0.4, 0.5) is 0 Å². The maximum absolute atomic E-state index is 10.6. The predicted octanol–water partition coefficient (Wildman–Crippen LogP) is 5.29. The lowest BCUT2D eigenvalue weighted by molar-refractivity contribution is -0.127. The van der Waals surface area contributed by atoms with Crippen molar-refractivity contribution in [3.8, 4) is 0 Å². The van der Waals surface area contributed by atoms with Crippen molar-refractivity contribution in [3.63, 3.8) is 0 Å². The molecule has 19 heavy (non-hydrogen) atoms. The molecule has 0 aliphatic heterocycles. The minimum absolute atomic E-state index is 0.599. The van der Waals surface area contributed by atoms with E-state index in [4.69, 9.17) is 4.74 Å². The lowest BCUT2D eigenvalue weighted by Crippen LogP contribution is -2.26. The van der Waals surface area contributed by atoms with Gasteiger partial charge in [0, 0.05) is 6.61 Å². The molecule has 2 heteroatoms. The first-order chi connectivity index (χ1) is 9.12. The van der Waals surface area contributed by atoms with Crippen LogP contribution in [0.25, 0.3) is 0 Å². The van der Waals surface area contributed by atoms with Gasteiger partial charge in [-0.1, -0.05) is 71.1 Å². The van der Waals surface area contributed by atoms with Gasteiger partial charge in [0.2, 0.25) is 0 Å². The van der Waals surface area contributed by atoms with Crippen molar-refractivity contribution in [1.82, 2.24) is 0 Å². The van der Waals surface area contributed by atoms with Crippen LogP contribution < -0.4 is 0 Å². The van der Waals surface area contributed by atoms with Crippen LogP contribution >= 0.6 is 0 Å². The summed E-state index contributed by atoms with van der Waals surface area (Å²) in [6.45, 7) is 6.61. The Morgan fingerprint density at radius 1 is 0.789 bits per heavy atom. The monoisotopic (exact) mass is 270 g/mol. The molecule has 0 amide bonds. The highest BCUT2D eigenvalue weighted by molar-refractivity contribution is 5.60. The van der Waals surface area contributed by atoms with Crippen molar-refractivity contribution < 1.29 is 9.53 Å². The molecular weight excluding hydrogens is 236 g/mol. The minimum atomic E-state index is -0.599. The Hall–Kier alpha value is -0.370. The molecule has 2 nitrogen and oxygen atoms in total. The van der Waals surface area contributed by atoms with Gasteiger partial charge in [-0.15, -0.1) is 0 Å². The summed E-state index contributed by atoms with van der Waals surface area (Å²) < 4.78 is 5.49. The van der Waals surface area contributed by atoms with Crippen molar-refractivity contribution in [3.05, 3.63) is 0 Å². The molecule has 0 aliphatic rings. The van der Waals surface area contributed by atoms with Crippen molar-refractivity contribution in [2.24, 2.45) is 0 Å². The molecule has 0 saturated heterocycles. The van der Waals surface area contributed by atoms with E-state index in [1.165, 1.54) is 64.2 Å². The molecule has 0 spiro atoms. The predicted molar refractivity (Wildman–Crippen MR) is 82.6 cm³/mol. The fourth-order valence-electron chi connectivity index (χ4n) is 2.14. The lowest BCUT2D eigenvalue weighted by Gasteiger charge is -2.17. The summed E-state index contributed by atoms with van der Waals surface area (Å²) in [4.78, 5) is 10.6. The minimum Gasteiger partial charge on any atom is -0.368 e. The van der Waals surface area contributed by atoms with E-state index in [1.54, 1.807) is 0 Å². The molecule has 0 aromatic carbocycles. The van der Waals surface area contributed by atoms with E-state index in [-0.39, 0.29) is 0 Å². The summed E-state index contributed by atoms with van der Waals surface area (Å²) in [5.41, 5.74) is -0.599. The van der Waals surface area contributed by atoms with E-state index in [1.807, 2.05) is 13.8 Å². The first-order valence-corrected chi connectivity index (χ1v) is 8.22. The van der Waals surface area contributed by atoms with Crippen LogP contribution in [0, 0.1) is 0 Å². The highest BCUT2D eigenvalue weighted by Crippen LogP contribution is 2.12. The average Bonchev–Trinajstić information content (AvgIpc) is 2.40. The summed E-state index contributed by atoms with van der Waals surface area (Å²) in [6, 6.07) is 0. The van der Waals surface area contributed by atoms with Crippen LogP contribution in [-0.2, 0) is 9.53 Å². The van der Waals surface area contributed by atoms with Crippen molar-refractivity contribution in [2.75, 3.05) is 6.61 Å². The molecule has 0 bridgehead atoms. The van der Waals surface area contributed by atoms with Crippen LogP contribution in [0.5, 0.6) is 0 Å². The maximum atomic E-state index is 10.6. The summed E-state index contributed by atoms with van der Waals surface area (Å²) >= 11 is 0. The first-order valence-electron chi connectivity index (χ1n) is 8.22. The highest BCUT2D eigenvalue weighted by atomic mass is 16.5. The van der Waals surface area contributed by atoms with Gasteiger partial charge in [0.05, 0.1) is 0 Å². The summed E-state index contributed by atoms with van der Waals surface area (Å²) in [7, 11) is 0. The highest BCUT2D eigenvalue weighted by Gasteiger charge is 2.15. The van der Waals surface area contributed by atoms with Crippen LogP contribution in [0.3, 0.4) is 0 Å². The zero-order chi connectivity index (χ0) is 14.4. The number of hydrogen-bond acceptors (Lipinski definition) is 2. The second-order valence-electron chi connectivity index (χ2n) is 6.11. The largest absolute Gasteiger partial charge is 0.368 e. The number of hydrogen-bond donors (Lipinski definition) is 0. The van der Waals surface area contributed by atoms with E-state index >= 15 is 0 Å². The third-order valence-electron chi connectivity index (χ3n) is 3.51. The summed E-state index contributed by atoms with van der Waals surface area (Å²) in [5.74, 6) is 0. The average molecular weight is 270 g/mol. The summed E-state index contributed by atoms with van der Waals surface area (Å²) in [5, 5.41) is 0. The fourth-order valence-corrected chi connectivity index (χ4v) is 2.14. The van der Waals surface area contributed by atoms with Gasteiger partial charge in [-0.2, -0.15) is 0 Å². The Labute approximate surface area is 120 Å². The molecule has 0 heterocycles. The van der Waals surface area contributed by atoms with E-state index in [9.17, 15) is 4.79 Å². The Morgan fingerprint density at radius 3 is 1.63 bits per heavy atom. The number of carbonyl (C=O) groups excluding carboxylic acids is 1. The van der Waals surface area contributed by atoms with Gasteiger partial charge >= 0.3 is 0 Å². The van der Waals surface area contributed by atoms with E-state index < -0.39 is 5.60 Å². The van der Waals surface area contributed by atoms with Gasteiger partial charge in [-0.05, 0) is 20.3 Å². The fraction of sp³-hybridized carbons (Fsp3) is 0.941. The smallest absolute Gasteiger partial charge is 0.151 e. The molecule has 114 valence electrons. The van der Waals surface area contributed by atoms with Gasteiger partial charge in [0.25, 0.3) is 0 Å². The standard InChI is InChI=1S/C17H34O2/c1-4-5-6-7-8-9-10-11-12-13-14-15-19-17(2,3)16-18/h16H,4-15H2,1-3H3. The second kappa shape index (κ2) is 12.7. The van der Waals surface area contributed by atoms with Crippen molar-refractivity contribution in [1.29, 1.82) is 0 Å². The molecule has 0 atom stereocenters. The Bertz CT molecular complexity index is 199. The van der Waals surface area contributed by atoms with E-state index in [0.29, 0.717) is 6.61 Å². The van der Waals surface area contributed by atoms with Crippen LogP contribution in [0.2, 0.25) is 0 Å². The lowest BCUT2D eigenvalue weighted by atomic mass is 10.1. The van der Waals surface area contributed by atoms with Crippen molar-refractivity contribution >= 4 is 6.29 Å². The molecule has 0 rings (SSSR count). The van der Waals surface area contributed by atoms with Gasteiger partial charge < -0.3 is 9.53 Å². The van der Waals surface area contributed by atoms with Crippen LogP contribution in [-0.4, -0.2) is 18.5 Å². The molecule has 0 aromatic heterocycles. The van der Waals surface area contributed by atoms with E-state index in [0.717, 1.165) is 12.7 Å². The third kappa shape index (κ3) is 13.9. The SMILES string of the molecule is CCCCCCCCCCCCCOC(C)(C)C=O. The van der Waals surface area contributed by atoms with Crippen LogP contribution in [0.1, 0.15) is 91.4 Å². The third-order valence-corrected chi connectivity index (χ3v) is 3.51. The summed E-state index contributed by atoms with van der Waals surface area (Å²) in [6.07, 6.45) is 15.6. The molecular formula is C17H34O2. The number of rotatable bonds is 14. The molecule has 0 N–H and O–H groups in total. The quantitative estimate of drug-likeness (QED) is 0.316. The molecule has 0 unspecified atom stereocenters. The number of unbranched alkanes of at least 4 members (excludes halogenated alkanes) is 10. The molecule has 0 aliphatic carbocycles. The van der Waals surface area contributed by atoms with Crippen molar-refractivity contribution in [2.45, 2.75) is 97.0 Å². The number of aldehydes is 1. The maximum Gasteiger partial charge on any atom is 0.151 e. The Balaban J connectivity index is 3.09.